The zero-order chi connectivity index (χ0) is 14.3. The topological polar surface area (TPSA) is 29.3 Å². The van der Waals surface area contributed by atoms with E-state index in [1.54, 1.807) is 46.7 Å². The summed E-state index contributed by atoms with van der Waals surface area (Å²) in [7, 11) is 3.54. The summed E-state index contributed by atoms with van der Waals surface area (Å²) >= 11 is 0. The highest BCUT2D eigenvalue weighted by Crippen LogP contribution is 2.38. The van der Waals surface area contributed by atoms with E-state index < -0.39 is 17.4 Å². The van der Waals surface area contributed by atoms with Crippen LogP contribution in [-0.4, -0.2) is 24.0 Å². The Bertz CT molecular complexity index is 419. The molecule has 0 aliphatic rings. The summed E-state index contributed by atoms with van der Waals surface area (Å²) in [4.78, 5) is 5.43. The predicted octanol–water partition coefficient (Wildman–Crippen LogP) is 3.61. The summed E-state index contributed by atoms with van der Waals surface area (Å²) in [6.45, 7) is 6.84. The Morgan fingerprint density at radius 2 is 1.67 bits per heavy atom. The fraction of sp³-hybridized carbons (Fsp3) is 0.750. The van der Waals surface area contributed by atoms with E-state index in [9.17, 15) is 13.2 Å². The molecule has 0 saturated heterocycles. The Morgan fingerprint density at radius 1 is 1.17 bits per heavy atom. The van der Waals surface area contributed by atoms with Crippen LogP contribution in [-0.2, 0) is 11.7 Å². The van der Waals surface area contributed by atoms with Crippen LogP contribution in [0.4, 0.5) is 13.2 Å². The maximum Gasteiger partial charge on any atom is 0.436 e. The van der Waals surface area contributed by atoms with Crippen LogP contribution in [0.3, 0.4) is 0 Å². The van der Waals surface area contributed by atoms with Crippen LogP contribution in [0.5, 0.6) is 0 Å². The van der Waals surface area contributed by atoms with Gasteiger partial charge in [-0.1, -0.05) is 13.8 Å². The first-order chi connectivity index (χ1) is 7.98. The lowest BCUT2D eigenvalue weighted by molar-refractivity contribution is -0.142. The number of oxazole rings is 1. The highest BCUT2D eigenvalue weighted by Gasteiger charge is 2.42. The molecule has 0 aromatic carbocycles. The predicted molar refractivity (Wildman–Crippen MR) is 62.3 cm³/mol. The number of hydrogen-bond donors (Lipinski definition) is 0. The molecule has 0 saturated carbocycles. The van der Waals surface area contributed by atoms with E-state index in [2.05, 4.69) is 4.98 Å². The number of aromatic nitrogens is 1. The lowest BCUT2D eigenvalue weighted by Crippen LogP contribution is -2.35. The maximum absolute atomic E-state index is 12.9. The number of halogens is 3. The molecule has 0 amide bonds. The molecule has 1 aromatic heterocycles. The van der Waals surface area contributed by atoms with E-state index in [4.69, 9.17) is 4.42 Å². The largest absolute Gasteiger partial charge is 0.443 e. The lowest BCUT2D eigenvalue weighted by Gasteiger charge is -2.28. The molecular formula is C12H19F3N2O. The van der Waals surface area contributed by atoms with Gasteiger partial charge < -0.3 is 4.42 Å². The molecule has 6 heteroatoms. The molecule has 1 heterocycles. The van der Waals surface area contributed by atoms with Crippen LogP contribution >= 0.6 is 0 Å². The van der Waals surface area contributed by atoms with Crippen LogP contribution < -0.4 is 0 Å². The van der Waals surface area contributed by atoms with Gasteiger partial charge in [0.05, 0.1) is 5.54 Å². The molecule has 0 fully saturated rings. The molecule has 0 spiro atoms. The molecule has 104 valence electrons. The third-order valence-electron chi connectivity index (χ3n) is 3.09. The van der Waals surface area contributed by atoms with E-state index in [0.717, 1.165) is 0 Å². The van der Waals surface area contributed by atoms with Crippen LogP contribution in [0.15, 0.2) is 4.42 Å². The number of nitrogens with zero attached hydrogens (tertiary/aromatic N) is 2. The van der Waals surface area contributed by atoms with Gasteiger partial charge in [0, 0.05) is 5.92 Å². The van der Waals surface area contributed by atoms with Gasteiger partial charge in [0.2, 0.25) is 5.89 Å². The fourth-order valence-corrected chi connectivity index (χ4v) is 1.38. The van der Waals surface area contributed by atoms with Crippen molar-refractivity contribution >= 4 is 0 Å². The molecular weight excluding hydrogens is 245 g/mol. The molecule has 0 aliphatic heterocycles. The third-order valence-corrected chi connectivity index (χ3v) is 3.09. The third kappa shape index (κ3) is 2.68. The van der Waals surface area contributed by atoms with Gasteiger partial charge in [-0.05, 0) is 27.9 Å². The standard InChI is InChI=1S/C12H19F3N2O/c1-7(2)8-9(12(13,14)15)16-10(18-8)11(3,4)17(5)6/h7H,1-6H3. The van der Waals surface area contributed by atoms with E-state index in [1.807, 2.05) is 0 Å². The summed E-state index contributed by atoms with van der Waals surface area (Å²) < 4.78 is 44.0. The monoisotopic (exact) mass is 264 g/mol. The second kappa shape index (κ2) is 4.57. The lowest BCUT2D eigenvalue weighted by atomic mass is 10.0. The summed E-state index contributed by atoms with van der Waals surface area (Å²) in [5.74, 6) is -0.378. The Labute approximate surface area is 105 Å². The molecule has 0 aliphatic carbocycles. The average Bonchev–Trinajstić information content (AvgIpc) is 2.61. The van der Waals surface area contributed by atoms with Gasteiger partial charge in [0.1, 0.15) is 5.76 Å². The molecule has 0 radical (unpaired) electrons. The minimum absolute atomic E-state index is 0.0866. The Hall–Kier alpha value is -1.04. The SMILES string of the molecule is CC(C)c1oc(C(C)(C)N(C)C)nc1C(F)(F)F. The zero-order valence-corrected chi connectivity index (χ0v) is 11.5. The summed E-state index contributed by atoms with van der Waals surface area (Å²) in [6.07, 6.45) is -4.48. The number of hydrogen-bond acceptors (Lipinski definition) is 3. The average molecular weight is 264 g/mol. The molecule has 3 nitrogen and oxygen atoms in total. The zero-order valence-electron chi connectivity index (χ0n) is 11.5. The quantitative estimate of drug-likeness (QED) is 0.835. The van der Waals surface area contributed by atoms with Crippen molar-refractivity contribution in [2.75, 3.05) is 14.1 Å². The van der Waals surface area contributed by atoms with E-state index >= 15 is 0 Å². The van der Waals surface area contributed by atoms with Gasteiger partial charge in [0.15, 0.2) is 5.69 Å². The molecule has 18 heavy (non-hydrogen) atoms. The van der Waals surface area contributed by atoms with Crippen molar-refractivity contribution in [3.05, 3.63) is 17.3 Å². The molecule has 1 aromatic rings. The minimum atomic E-state index is -4.48. The molecule has 0 bridgehead atoms. The minimum Gasteiger partial charge on any atom is -0.443 e. The number of rotatable bonds is 3. The molecule has 1 rings (SSSR count). The van der Waals surface area contributed by atoms with Crippen LogP contribution in [0.2, 0.25) is 0 Å². The van der Waals surface area contributed by atoms with Crippen molar-refractivity contribution < 1.29 is 17.6 Å². The van der Waals surface area contributed by atoms with Crippen molar-refractivity contribution in [2.24, 2.45) is 0 Å². The molecule has 0 N–H and O–H groups in total. The van der Waals surface area contributed by atoms with Gasteiger partial charge in [0.25, 0.3) is 0 Å². The van der Waals surface area contributed by atoms with Crippen LogP contribution in [0, 0.1) is 0 Å². The Balaban J connectivity index is 3.36. The van der Waals surface area contributed by atoms with Crippen molar-refractivity contribution in [3.63, 3.8) is 0 Å². The van der Waals surface area contributed by atoms with Crippen molar-refractivity contribution in [1.82, 2.24) is 9.88 Å². The Morgan fingerprint density at radius 3 is 1.94 bits per heavy atom. The van der Waals surface area contributed by atoms with Gasteiger partial charge in [-0.15, -0.1) is 0 Å². The first-order valence-corrected chi connectivity index (χ1v) is 5.73. The summed E-state index contributed by atoms with van der Waals surface area (Å²) in [6, 6.07) is 0. The highest BCUT2D eigenvalue weighted by atomic mass is 19.4. The van der Waals surface area contributed by atoms with Gasteiger partial charge in [-0.25, -0.2) is 4.98 Å². The summed E-state index contributed by atoms with van der Waals surface area (Å²) in [5.41, 5.74) is -1.60. The van der Waals surface area contributed by atoms with E-state index in [0.29, 0.717) is 0 Å². The Kier molecular flexibility index (Phi) is 3.81. The first-order valence-electron chi connectivity index (χ1n) is 5.73. The molecule has 0 unspecified atom stereocenters. The van der Waals surface area contributed by atoms with Crippen molar-refractivity contribution in [2.45, 2.75) is 45.3 Å². The summed E-state index contributed by atoms with van der Waals surface area (Å²) in [5, 5.41) is 0. The molecule has 0 atom stereocenters. The second-order valence-corrected chi connectivity index (χ2v) is 5.34. The second-order valence-electron chi connectivity index (χ2n) is 5.34. The maximum atomic E-state index is 12.9. The van der Waals surface area contributed by atoms with Crippen molar-refractivity contribution in [3.8, 4) is 0 Å². The number of alkyl halides is 3. The van der Waals surface area contributed by atoms with Gasteiger partial charge >= 0.3 is 6.18 Å². The normalized spacial score (nSPS) is 13.7. The fourth-order valence-electron chi connectivity index (χ4n) is 1.38. The van der Waals surface area contributed by atoms with E-state index in [1.165, 1.54) is 0 Å². The first kappa shape index (κ1) is 15.0. The van der Waals surface area contributed by atoms with Crippen LogP contribution in [0.1, 0.15) is 51.0 Å². The smallest absolute Gasteiger partial charge is 0.436 e. The van der Waals surface area contributed by atoms with Crippen LogP contribution in [0.25, 0.3) is 0 Å². The van der Waals surface area contributed by atoms with Crippen molar-refractivity contribution in [1.29, 1.82) is 0 Å². The van der Waals surface area contributed by atoms with E-state index in [-0.39, 0.29) is 17.6 Å². The highest BCUT2D eigenvalue weighted by molar-refractivity contribution is 5.19. The van der Waals surface area contributed by atoms with Gasteiger partial charge in [-0.2, -0.15) is 13.2 Å². The van der Waals surface area contributed by atoms with Gasteiger partial charge in [-0.3, -0.25) is 4.90 Å².